The van der Waals surface area contributed by atoms with Crippen LogP contribution in [-0.4, -0.2) is 9.97 Å². The van der Waals surface area contributed by atoms with Gasteiger partial charge in [0.05, 0.1) is 6.20 Å². The minimum Gasteiger partial charge on any atom is -0.369 e. The summed E-state index contributed by atoms with van der Waals surface area (Å²) >= 11 is 0. The maximum Gasteiger partial charge on any atom is 0.197 e. The second-order valence-corrected chi connectivity index (χ2v) is 1.50. The van der Waals surface area contributed by atoms with Crippen LogP contribution in [0.4, 0.5) is 5.95 Å². The van der Waals surface area contributed by atoms with Crippen LogP contribution in [0.15, 0.2) is 6.20 Å². The van der Waals surface area contributed by atoms with Gasteiger partial charge in [0.25, 0.3) is 0 Å². The summed E-state index contributed by atoms with van der Waals surface area (Å²) in [4.78, 5) is 6.50. The second kappa shape index (κ2) is 3.32. The Hall–Kier alpha value is -0.740. The van der Waals surface area contributed by atoms with Crippen molar-refractivity contribution in [2.75, 3.05) is 5.73 Å². The first-order valence-corrected chi connectivity index (χ1v) is 2.32. The number of nitrogen functional groups attached to an aromatic ring is 1. The van der Waals surface area contributed by atoms with E-state index >= 15 is 0 Å². The van der Waals surface area contributed by atoms with Crippen molar-refractivity contribution < 1.29 is 0 Å². The largest absolute Gasteiger partial charge is 0.369 e. The molecule has 0 spiro atoms. The molecule has 0 aliphatic rings. The number of rotatable bonds is 1. The van der Waals surface area contributed by atoms with E-state index in [0.717, 1.165) is 5.69 Å². The van der Waals surface area contributed by atoms with E-state index < -0.39 is 0 Å². The normalized spacial score (nSPS) is 8.56. The monoisotopic (exact) mass is 148 g/mol. The third-order valence-corrected chi connectivity index (χ3v) is 0.868. The average Bonchev–Trinajstić information content (AvgIpc) is 2.14. The van der Waals surface area contributed by atoms with Gasteiger partial charge in [-0.3, -0.25) is 0 Å². The van der Waals surface area contributed by atoms with Crippen LogP contribution in [0.25, 0.3) is 0 Å². The number of halogens is 1. The lowest BCUT2D eigenvalue weighted by atomic mass is 10.5. The highest BCUT2D eigenvalue weighted by molar-refractivity contribution is 5.85. The molecule has 0 saturated heterocycles. The Morgan fingerprint density at radius 1 is 1.67 bits per heavy atom. The zero-order valence-electron chi connectivity index (χ0n) is 4.79. The van der Waals surface area contributed by atoms with Crippen LogP contribution in [0.5, 0.6) is 0 Å². The standard InChI is InChI=1S/C4H8N4.ClH/c5-1-3-2-7-4(6)8-3;/h2H,1,5H2,(H3,6,7,8);1H. The number of aromatic amines is 1. The summed E-state index contributed by atoms with van der Waals surface area (Å²) in [7, 11) is 0. The quantitative estimate of drug-likeness (QED) is 0.519. The van der Waals surface area contributed by atoms with E-state index in [1.807, 2.05) is 0 Å². The number of nitrogens with zero attached hydrogens (tertiary/aromatic N) is 1. The Kier molecular flexibility index (Phi) is 3.05. The van der Waals surface area contributed by atoms with Crippen molar-refractivity contribution in [1.29, 1.82) is 0 Å². The fourth-order valence-corrected chi connectivity index (χ4v) is 0.480. The molecule has 0 unspecified atom stereocenters. The molecule has 5 heteroatoms. The first-order chi connectivity index (χ1) is 3.83. The average molecular weight is 149 g/mol. The summed E-state index contributed by atoms with van der Waals surface area (Å²) in [6, 6.07) is 0. The molecule has 0 amide bonds. The van der Waals surface area contributed by atoms with Crippen LogP contribution in [0.3, 0.4) is 0 Å². The predicted octanol–water partition coefficient (Wildman–Crippen LogP) is -0.128. The van der Waals surface area contributed by atoms with E-state index in [4.69, 9.17) is 11.5 Å². The van der Waals surface area contributed by atoms with Crippen LogP contribution in [0.2, 0.25) is 0 Å². The molecule has 1 aromatic heterocycles. The Labute approximate surface area is 59.1 Å². The molecule has 52 valence electrons. The minimum absolute atomic E-state index is 0. The summed E-state index contributed by atoms with van der Waals surface area (Å²) in [6.07, 6.45) is 1.62. The number of nitrogens with two attached hydrogens (primary N) is 2. The van der Waals surface area contributed by atoms with E-state index in [2.05, 4.69) is 9.97 Å². The molecule has 0 fully saturated rings. The molecule has 0 atom stereocenters. The van der Waals surface area contributed by atoms with E-state index in [0.29, 0.717) is 12.5 Å². The number of hydrogen-bond donors (Lipinski definition) is 3. The Balaban J connectivity index is 0.000000640. The molecule has 0 aliphatic heterocycles. The van der Waals surface area contributed by atoms with Crippen LogP contribution < -0.4 is 11.5 Å². The van der Waals surface area contributed by atoms with Gasteiger partial charge in [0.15, 0.2) is 5.95 Å². The smallest absolute Gasteiger partial charge is 0.197 e. The van der Waals surface area contributed by atoms with Gasteiger partial charge in [-0.2, -0.15) is 0 Å². The molecular formula is C4H9ClN4. The van der Waals surface area contributed by atoms with Gasteiger partial charge in [-0.1, -0.05) is 0 Å². The molecule has 0 aromatic carbocycles. The van der Waals surface area contributed by atoms with Crippen LogP contribution in [0, 0.1) is 0 Å². The van der Waals surface area contributed by atoms with Gasteiger partial charge in [-0.15, -0.1) is 12.4 Å². The summed E-state index contributed by atoms with van der Waals surface area (Å²) in [5, 5.41) is 0. The zero-order valence-corrected chi connectivity index (χ0v) is 5.61. The van der Waals surface area contributed by atoms with Crippen molar-refractivity contribution in [3.8, 4) is 0 Å². The maximum atomic E-state index is 5.24. The molecule has 1 aromatic rings. The Morgan fingerprint density at radius 2 is 2.33 bits per heavy atom. The molecule has 4 nitrogen and oxygen atoms in total. The number of hydrogen-bond acceptors (Lipinski definition) is 3. The molecule has 1 rings (SSSR count). The third-order valence-electron chi connectivity index (χ3n) is 0.868. The Morgan fingerprint density at radius 3 is 2.56 bits per heavy atom. The third kappa shape index (κ3) is 1.91. The van der Waals surface area contributed by atoms with Crippen LogP contribution in [-0.2, 0) is 6.54 Å². The van der Waals surface area contributed by atoms with Gasteiger partial charge in [-0.25, -0.2) is 4.98 Å². The summed E-state index contributed by atoms with van der Waals surface area (Å²) in [5.41, 5.74) is 11.3. The maximum absolute atomic E-state index is 5.24. The molecule has 0 aliphatic carbocycles. The molecule has 5 N–H and O–H groups in total. The molecule has 0 saturated carbocycles. The second-order valence-electron chi connectivity index (χ2n) is 1.50. The highest BCUT2D eigenvalue weighted by atomic mass is 35.5. The van der Waals surface area contributed by atoms with E-state index in [1.165, 1.54) is 0 Å². The van der Waals surface area contributed by atoms with Gasteiger partial charge < -0.3 is 16.5 Å². The lowest BCUT2D eigenvalue weighted by Crippen LogP contribution is -1.96. The van der Waals surface area contributed by atoms with Gasteiger partial charge in [0, 0.05) is 12.2 Å². The van der Waals surface area contributed by atoms with Gasteiger partial charge in [0.2, 0.25) is 0 Å². The number of anilines is 1. The lowest BCUT2D eigenvalue weighted by Gasteiger charge is -1.82. The molecule has 0 radical (unpaired) electrons. The summed E-state index contributed by atoms with van der Waals surface area (Å²) < 4.78 is 0. The predicted molar refractivity (Wildman–Crippen MR) is 38.1 cm³/mol. The van der Waals surface area contributed by atoms with Crippen molar-refractivity contribution in [1.82, 2.24) is 9.97 Å². The van der Waals surface area contributed by atoms with E-state index in [9.17, 15) is 0 Å². The van der Waals surface area contributed by atoms with Crippen LogP contribution in [0.1, 0.15) is 5.69 Å². The number of aromatic nitrogens is 2. The van der Waals surface area contributed by atoms with Crippen molar-refractivity contribution >= 4 is 18.4 Å². The SMILES string of the molecule is Cl.NCc1cnc(N)[nH]1. The fraction of sp³-hybridized carbons (Fsp3) is 0.250. The van der Waals surface area contributed by atoms with Crippen molar-refractivity contribution in [2.45, 2.75) is 6.54 Å². The lowest BCUT2D eigenvalue weighted by molar-refractivity contribution is 1.01. The van der Waals surface area contributed by atoms with Gasteiger partial charge >= 0.3 is 0 Å². The first-order valence-electron chi connectivity index (χ1n) is 2.32. The topological polar surface area (TPSA) is 80.7 Å². The number of imidazole rings is 1. The zero-order chi connectivity index (χ0) is 5.98. The van der Waals surface area contributed by atoms with Crippen molar-refractivity contribution in [3.05, 3.63) is 11.9 Å². The van der Waals surface area contributed by atoms with Crippen molar-refractivity contribution in [2.24, 2.45) is 5.73 Å². The summed E-state index contributed by atoms with van der Waals surface area (Å²) in [6.45, 7) is 0.462. The van der Waals surface area contributed by atoms with Crippen LogP contribution >= 0.6 is 12.4 Å². The van der Waals surface area contributed by atoms with E-state index in [1.54, 1.807) is 6.20 Å². The Bertz CT molecular complexity index is 173. The fourth-order valence-electron chi connectivity index (χ4n) is 0.480. The van der Waals surface area contributed by atoms with Gasteiger partial charge in [-0.05, 0) is 0 Å². The highest BCUT2D eigenvalue weighted by Gasteiger charge is 1.89. The summed E-state index contributed by atoms with van der Waals surface area (Å²) in [5.74, 6) is 0.422. The highest BCUT2D eigenvalue weighted by Crippen LogP contribution is 1.93. The number of nitrogens with one attached hydrogen (secondary N) is 1. The van der Waals surface area contributed by atoms with E-state index in [-0.39, 0.29) is 12.4 Å². The minimum atomic E-state index is 0. The first kappa shape index (κ1) is 8.26. The molecule has 9 heavy (non-hydrogen) atoms. The molecular weight excluding hydrogens is 140 g/mol. The van der Waals surface area contributed by atoms with Gasteiger partial charge in [0.1, 0.15) is 0 Å². The number of H-pyrrole nitrogens is 1. The molecule has 1 heterocycles. The van der Waals surface area contributed by atoms with Crippen molar-refractivity contribution in [3.63, 3.8) is 0 Å². The molecule has 0 bridgehead atoms.